The molecule has 0 spiro atoms. The number of sulfonamides is 1. The van der Waals surface area contributed by atoms with Crippen molar-refractivity contribution >= 4 is 39.5 Å². The van der Waals surface area contributed by atoms with Crippen molar-refractivity contribution in [1.29, 1.82) is 0 Å². The number of carbonyl (C=O) groups excluding carboxylic acids is 2. The van der Waals surface area contributed by atoms with Crippen LogP contribution in [0, 0.1) is 18.3 Å². The molecule has 1 saturated heterocycles. The van der Waals surface area contributed by atoms with E-state index < -0.39 is 39.5 Å². The Morgan fingerprint density at radius 3 is 2.43 bits per heavy atom. The number of nitrogens with zero attached hydrogens (tertiary/aromatic N) is 6. The molecule has 4 aromatic rings. The van der Waals surface area contributed by atoms with Gasteiger partial charge < -0.3 is 30.0 Å². The third kappa shape index (κ3) is 9.91. The number of amides is 3. The van der Waals surface area contributed by atoms with E-state index in [1.807, 2.05) is 70.3 Å². The molecule has 0 saturated carbocycles. The molecule has 290 valence electrons. The molecule has 1 fully saturated rings. The van der Waals surface area contributed by atoms with E-state index in [2.05, 4.69) is 20.6 Å². The minimum atomic E-state index is -4.08. The summed E-state index contributed by atoms with van der Waals surface area (Å²) in [5.74, 6) is 0.147. The highest BCUT2D eigenvalue weighted by molar-refractivity contribution is 7.89. The first kappa shape index (κ1) is 40.5. The van der Waals surface area contributed by atoms with Gasteiger partial charge in [0.1, 0.15) is 22.5 Å². The Hall–Kier alpha value is -4.64. The van der Waals surface area contributed by atoms with Gasteiger partial charge in [-0.1, -0.05) is 87.4 Å². The number of carbonyl (C=O) groups is 2. The van der Waals surface area contributed by atoms with E-state index in [1.54, 1.807) is 22.8 Å². The number of oxime groups is 1. The van der Waals surface area contributed by atoms with Crippen LogP contribution in [0.4, 0.5) is 4.79 Å². The van der Waals surface area contributed by atoms with E-state index in [0.717, 1.165) is 5.56 Å². The molecule has 5 rings (SSSR count). The van der Waals surface area contributed by atoms with Gasteiger partial charge in [-0.05, 0) is 47.9 Å². The zero-order valence-corrected chi connectivity index (χ0v) is 33.0. The van der Waals surface area contributed by atoms with Crippen LogP contribution in [0.3, 0.4) is 0 Å². The van der Waals surface area contributed by atoms with E-state index in [9.17, 15) is 23.1 Å². The summed E-state index contributed by atoms with van der Waals surface area (Å²) in [7, 11) is -4.08. The number of aryl methyl sites for hydroxylation is 1. The summed E-state index contributed by atoms with van der Waals surface area (Å²) in [6.45, 7) is 12.0. The van der Waals surface area contributed by atoms with Crippen LogP contribution in [0.25, 0.3) is 10.7 Å². The Morgan fingerprint density at radius 1 is 1.11 bits per heavy atom. The molecule has 0 bridgehead atoms. The smallest absolute Gasteiger partial charge is 0.321 e. The van der Waals surface area contributed by atoms with E-state index in [4.69, 9.17) is 9.73 Å². The summed E-state index contributed by atoms with van der Waals surface area (Å²) < 4.78 is 34.3. The number of benzene rings is 2. The highest BCUT2D eigenvalue weighted by Crippen LogP contribution is 2.30. The molecule has 3 atom stereocenters. The molecule has 2 aromatic heterocycles. The maximum absolute atomic E-state index is 14.4. The lowest BCUT2D eigenvalue weighted by Gasteiger charge is -2.38. The Kier molecular flexibility index (Phi) is 12.9. The predicted octanol–water partition coefficient (Wildman–Crippen LogP) is 5.00. The summed E-state index contributed by atoms with van der Waals surface area (Å²) in [5.41, 5.74) is 1.98. The van der Waals surface area contributed by atoms with Gasteiger partial charge in [-0.3, -0.25) is 4.79 Å². The standard InChI is InChI=1S/C38H49N7O7S2/c1-25(2)21-44(54(50,51)30-14-12-28(13-15-30)20-39-49)23-33(46)31(19-27-10-8-7-9-11-27)41-35(47)34(38(4,5)6)45-17-16-43(37(45)48)22-29-24-53-36(40-29)32-18-26(3)52-42-32/h7-15,18,20,24-25,31,33-34,46,49H,16-17,19,21-23H2,1-6H3,(H,41,47)/t31-,33-,34+/m0/s1. The Balaban J connectivity index is 1.36. The quantitative estimate of drug-likeness (QED) is 0.0801. The molecule has 3 amide bonds. The summed E-state index contributed by atoms with van der Waals surface area (Å²) >= 11 is 1.41. The van der Waals surface area contributed by atoms with Gasteiger partial charge in [-0.25, -0.2) is 18.2 Å². The summed E-state index contributed by atoms with van der Waals surface area (Å²) in [5, 5.41) is 33.3. The second-order valence-corrected chi connectivity index (χ2v) is 17.8. The lowest BCUT2D eigenvalue weighted by molar-refractivity contribution is -0.130. The fourth-order valence-corrected chi connectivity index (χ4v) is 8.90. The largest absolute Gasteiger partial charge is 0.411 e. The molecule has 14 nitrogen and oxygen atoms in total. The Bertz CT molecular complexity index is 2010. The van der Waals surface area contributed by atoms with Gasteiger partial charge in [0.2, 0.25) is 15.9 Å². The number of aliphatic hydroxyl groups is 1. The van der Waals surface area contributed by atoms with Crippen LogP contribution in [0.2, 0.25) is 0 Å². The molecule has 54 heavy (non-hydrogen) atoms. The third-order valence-electron chi connectivity index (χ3n) is 9.03. The zero-order valence-electron chi connectivity index (χ0n) is 31.4. The molecule has 16 heteroatoms. The van der Waals surface area contributed by atoms with Gasteiger partial charge in [0.05, 0.1) is 35.5 Å². The molecular formula is C38H49N7O7S2. The van der Waals surface area contributed by atoms with Crippen molar-refractivity contribution in [3.8, 4) is 10.7 Å². The first-order valence-corrected chi connectivity index (χ1v) is 20.1. The second kappa shape index (κ2) is 17.2. The number of urea groups is 1. The van der Waals surface area contributed by atoms with E-state index in [-0.39, 0.29) is 42.9 Å². The van der Waals surface area contributed by atoms with Crippen LogP contribution in [0.1, 0.15) is 57.2 Å². The van der Waals surface area contributed by atoms with Crippen molar-refractivity contribution in [3.05, 3.63) is 88.6 Å². The molecule has 1 aliphatic rings. The van der Waals surface area contributed by atoms with Crippen LogP contribution >= 0.6 is 11.3 Å². The predicted molar refractivity (Wildman–Crippen MR) is 206 cm³/mol. The molecule has 3 heterocycles. The first-order chi connectivity index (χ1) is 25.6. The number of aromatic nitrogens is 2. The van der Waals surface area contributed by atoms with Crippen molar-refractivity contribution in [1.82, 2.24) is 29.6 Å². The highest BCUT2D eigenvalue weighted by Gasteiger charge is 2.44. The maximum Gasteiger partial charge on any atom is 0.321 e. The van der Waals surface area contributed by atoms with Gasteiger partial charge >= 0.3 is 6.03 Å². The SMILES string of the molecule is Cc1cc(-c2nc(CN3CCN([C@H](C(=O)N[C@@H](Cc4ccccc4)[C@@H](O)CN(CC(C)C)S(=O)(=O)c4ccc(C=NO)cc4)C(C)(C)C)C3=O)cs2)no1. The van der Waals surface area contributed by atoms with Gasteiger partial charge in [-0.2, -0.15) is 4.31 Å². The topological polar surface area (TPSA) is 182 Å². The van der Waals surface area contributed by atoms with Crippen molar-refractivity contribution in [2.75, 3.05) is 26.2 Å². The molecular weight excluding hydrogens is 731 g/mol. The second-order valence-electron chi connectivity index (χ2n) is 15.0. The molecule has 0 aliphatic carbocycles. The fraction of sp³-hybridized carbons (Fsp3) is 0.447. The molecule has 0 unspecified atom stereocenters. The van der Waals surface area contributed by atoms with Gasteiger partial charge in [0.25, 0.3) is 0 Å². The van der Waals surface area contributed by atoms with Gasteiger partial charge in [-0.15, -0.1) is 11.3 Å². The van der Waals surface area contributed by atoms with Crippen molar-refractivity contribution in [2.45, 2.75) is 77.6 Å². The number of rotatable bonds is 16. The monoisotopic (exact) mass is 779 g/mol. The van der Waals surface area contributed by atoms with Crippen LogP contribution in [-0.2, 0) is 27.8 Å². The summed E-state index contributed by atoms with van der Waals surface area (Å²) in [6.07, 6.45) is 0.0912. The fourth-order valence-electron chi connectivity index (χ4n) is 6.52. The van der Waals surface area contributed by atoms with Crippen molar-refractivity contribution in [2.24, 2.45) is 16.5 Å². The average Bonchev–Trinajstić information content (AvgIpc) is 3.85. The number of hydrogen-bond donors (Lipinski definition) is 3. The summed E-state index contributed by atoms with van der Waals surface area (Å²) in [6, 6.07) is 14.9. The van der Waals surface area contributed by atoms with Gasteiger partial charge in [0, 0.05) is 37.6 Å². The summed E-state index contributed by atoms with van der Waals surface area (Å²) in [4.78, 5) is 36.2. The van der Waals surface area contributed by atoms with E-state index in [0.29, 0.717) is 40.8 Å². The number of nitrogens with one attached hydrogen (secondary N) is 1. The highest BCUT2D eigenvalue weighted by atomic mass is 32.2. The molecule has 3 N–H and O–H groups in total. The van der Waals surface area contributed by atoms with Gasteiger partial charge in [0.15, 0.2) is 0 Å². The molecule has 2 aromatic carbocycles. The number of thiazole rings is 1. The van der Waals surface area contributed by atoms with Crippen LogP contribution in [0.5, 0.6) is 0 Å². The number of aliphatic hydroxyl groups excluding tert-OH is 1. The van der Waals surface area contributed by atoms with Crippen LogP contribution < -0.4 is 5.32 Å². The maximum atomic E-state index is 14.4. The number of hydrogen-bond acceptors (Lipinski definition) is 11. The first-order valence-electron chi connectivity index (χ1n) is 17.8. The lowest BCUT2D eigenvalue weighted by Crippen LogP contribution is -2.59. The van der Waals surface area contributed by atoms with Crippen molar-refractivity contribution in [3.63, 3.8) is 0 Å². The van der Waals surface area contributed by atoms with Crippen LogP contribution in [0.15, 0.2) is 80.6 Å². The zero-order chi connectivity index (χ0) is 39.2. The lowest BCUT2D eigenvalue weighted by atomic mass is 9.84. The normalized spacial score (nSPS) is 15.8. The average molecular weight is 780 g/mol. The minimum absolute atomic E-state index is 0.0149. The third-order valence-corrected chi connectivity index (χ3v) is 11.8. The molecule has 0 radical (unpaired) electrons. The van der Waals surface area contributed by atoms with Crippen molar-refractivity contribution < 1.29 is 32.8 Å². The van der Waals surface area contributed by atoms with E-state index >= 15 is 0 Å². The minimum Gasteiger partial charge on any atom is -0.411 e. The van der Waals surface area contributed by atoms with Crippen LogP contribution in [-0.4, -0.2) is 105 Å². The Labute approximate surface area is 320 Å². The Morgan fingerprint density at radius 2 is 1.81 bits per heavy atom. The van der Waals surface area contributed by atoms with E-state index in [1.165, 1.54) is 46.1 Å². The molecule has 1 aliphatic heterocycles.